The van der Waals surface area contributed by atoms with Crippen molar-refractivity contribution in [3.63, 3.8) is 0 Å². The molecule has 3 N–H and O–H groups in total. The van der Waals surface area contributed by atoms with Crippen LogP contribution in [0.1, 0.15) is 24.6 Å². The van der Waals surface area contributed by atoms with Crippen LogP contribution in [-0.2, 0) is 6.54 Å². The molecule has 1 aromatic heterocycles. The highest BCUT2D eigenvalue weighted by Gasteiger charge is 2.03. The van der Waals surface area contributed by atoms with Gasteiger partial charge in [0, 0.05) is 15.9 Å². The van der Waals surface area contributed by atoms with Gasteiger partial charge in [0.25, 0.3) is 0 Å². The number of nitrogens with two attached hydrogens (primary N) is 1. The molecule has 0 aliphatic heterocycles. The molecule has 0 saturated heterocycles. The Bertz CT molecular complexity index is 275. The van der Waals surface area contributed by atoms with Crippen LogP contribution >= 0.6 is 27.3 Å². The zero-order valence-corrected chi connectivity index (χ0v) is 11.5. The van der Waals surface area contributed by atoms with Gasteiger partial charge in [0.1, 0.15) is 0 Å². The second-order valence-corrected chi connectivity index (χ2v) is 5.71. The van der Waals surface area contributed by atoms with Gasteiger partial charge < -0.3 is 11.1 Å². The van der Waals surface area contributed by atoms with E-state index in [1.807, 2.05) is 0 Å². The first-order valence-corrected chi connectivity index (χ1v) is 7.04. The van der Waals surface area contributed by atoms with Crippen molar-refractivity contribution < 1.29 is 0 Å². The van der Waals surface area contributed by atoms with E-state index in [0.717, 1.165) is 26.1 Å². The van der Waals surface area contributed by atoms with E-state index in [2.05, 4.69) is 39.6 Å². The molecule has 4 heteroatoms. The van der Waals surface area contributed by atoms with Crippen molar-refractivity contribution in [2.75, 3.05) is 13.1 Å². The summed E-state index contributed by atoms with van der Waals surface area (Å²) in [6, 6.07) is 2.10. The fourth-order valence-corrected chi connectivity index (χ4v) is 2.91. The predicted octanol–water partition coefficient (Wildman–Crippen LogP) is 2.98. The molecule has 0 spiro atoms. The Kier molecular flexibility index (Phi) is 6.48. The molecule has 1 unspecified atom stereocenters. The van der Waals surface area contributed by atoms with Crippen molar-refractivity contribution in [1.82, 2.24) is 5.32 Å². The van der Waals surface area contributed by atoms with Gasteiger partial charge in [-0.3, -0.25) is 0 Å². The van der Waals surface area contributed by atoms with Crippen molar-refractivity contribution in [2.45, 2.75) is 26.3 Å². The van der Waals surface area contributed by atoms with Gasteiger partial charge in [-0.05, 0) is 59.2 Å². The van der Waals surface area contributed by atoms with E-state index in [1.54, 1.807) is 11.3 Å². The topological polar surface area (TPSA) is 38.0 Å². The lowest BCUT2D eigenvalue weighted by Gasteiger charge is -2.11. The van der Waals surface area contributed by atoms with Crippen molar-refractivity contribution >= 4 is 27.3 Å². The molecule has 0 aliphatic carbocycles. The Balaban J connectivity index is 2.13. The summed E-state index contributed by atoms with van der Waals surface area (Å²) in [7, 11) is 0. The lowest BCUT2D eigenvalue weighted by Crippen LogP contribution is -2.21. The molecule has 0 aromatic carbocycles. The van der Waals surface area contributed by atoms with E-state index in [1.165, 1.54) is 15.8 Å². The zero-order valence-electron chi connectivity index (χ0n) is 9.13. The highest BCUT2D eigenvalue weighted by atomic mass is 79.9. The van der Waals surface area contributed by atoms with Gasteiger partial charge in [0.05, 0.1) is 0 Å². The van der Waals surface area contributed by atoms with Crippen LogP contribution in [0.25, 0.3) is 0 Å². The Morgan fingerprint density at radius 3 is 3.00 bits per heavy atom. The molecule has 0 fully saturated rings. The average molecular weight is 291 g/mol. The van der Waals surface area contributed by atoms with Crippen LogP contribution < -0.4 is 11.1 Å². The molecule has 1 aromatic rings. The summed E-state index contributed by atoms with van der Waals surface area (Å²) in [4.78, 5) is 1.38. The van der Waals surface area contributed by atoms with Crippen molar-refractivity contribution in [1.29, 1.82) is 0 Å². The molecule has 0 bridgehead atoms. The van der Waals surface area contributed by atoms with Crippen molar-refractivity contribution in [2.24, 2.45) is 11.7 Å². The van der Waals surface area contributed by atoms with Crippen LogP contribution in [0, 0.1) is 5.92 Å². The summed E-state index contributed by atoms with van der Waals surface area (Å²) in [5.74, 6) is 0.715. The van der Waals surface area contributed by atoms with E-state index in [0.29, 0.717) is 5.92 Å². The van der Waals surface area contributed by atoms with Crippen LogP contribution in [0.3, 0.4) is 0 Å². The van der Waals surface area contributed by atoms with Gasteiger partial charge in [-0.1, -0.05) is 6.92 Å². The molecular formula is C11H19BrN2S. The van der Waals surface area contributed by atoms with Gasteiger partial charge in [0.15, 0.2) is 0 Å². The standard InChI is InChI=1S/C11H19BrN2S/c1-9(3-2-5-13)7-14-8-11-10(12)4-6-15-11/h4,6,9,14H,2-3,5,7-8,13H2,1H3. The zero-order chi connectivity index (χ0) is 11.1. The predicted molar refractivity (Wildman–Crippen MR) is 71.2 cm³/mol. The molecule has 0 aliphatic rings. The first-order valence-electron chi connectivity index (χ1n) is 5.36. The average Bonchev–Trinajstić information content (AvgIpc) is 2.61. The molecule has 1 rings (SSSR count). The first-order chi connectivity index (χ1) is 7.24. The molecule has 0 radical (unpaired) electrons. The Hall–Kier alpha value is 0.100. The second kappa shape index (κ2) is 7.39. The molecule has 15 heavy (non-hydrogen) atoms. The third-order valence-electron chi connectivity index (χ3n) is 2.37. The Morgan fingerprint density at radius 2 is 2.40 bits per heavy atom. The normalized spacial score (nSPS) is 13.0. The maximum absolute atomic E-state index is 5.48. The van der Waals surface area contributed by atoms with Gasteiger partial charge in [-0.25, -0.2) is 0 Å². The fraction of sp³-hybridized carbons (Fsp3) is 0.636. The molecule has 1 atom stereocenters. The molecular weight excluding hydrogens is 272 g/mol. The minimum Gasteiger partial charge on any atom is -0.330 e. The summed E-state index contributed by atoms with van der Waals surface area (Å²) in [5.41, 5.74) is 5.48. The minimum absolute atomic E-state index is 0.715. The summed E-state index contributed by atoms with van der Waals surface area (Å²) >= 11 is 5.32. The highest BCUT2D eigenvalue weighted by Crippen LogP contribution is 2.22. The van der Waals surface area contributed by atoms with Crippen LogP contribution in [-0.4, -0.2) is 13.1 Å². The molecule has 2 nitrogen and oxygen atoms in total. The van der Waals surface area contributed by atoms with E-state index < -0.39 is 0 Å². The Morgan fingerprint density at radius 1 is 1.60 bits per heavy atom. The van der Waals surface area contributed by atoms with Crippen molar-refractivity contribution in [3.05, 3.63) is 20.8 Å². The summed E-state index contributed by atoms with van der Waals surface area (Å²) in [6.45, 7) is 5.11. The molecule has 1 heterocycles. The molecule has 0 amide bonds. The number of rotatable bonds is 7. The van der Waals surface area contributed by atoms with Gasteiger partial charge in [0.2, 0.25) is 0 Å². The minimum atomic E-state index is 0.715. The maximum atomic E-state index is 5.48. The number of hydrogen-bond donors (Lipinski definition) is 2. The molecule has 0 saturated carbocycles. The maximum Gasteiger partial charge on any atom is 0.0327 e. The fourth-order valence-electron chi connectivity index (χ4n) is 1.45. The van der Waals surface area contributed by atoms with E-state index in [9.17, 15) is 0 Å². The number of hydrogen-bond acceptors (Lipinski definition) is 3. The van der Waals surface area contributed by atoms with Gasteiger partial charge in [-0.15, -0.1) is 11.3 Å². The highest BCUT2D eigenvalue weighted by molar-refractivity contribution is 9.10. The summed E-state index contributed by atoms with van der Waals surface area (Å²) in [6.07, 6.45) is 2.35. The number of thiophene rings is 1. The van der Waals surface area contributed by atoms with Crippen molar-refractivity contribution in [3.8, 4) is 0 Å². The first kappa shape index (κ1) is 13.2. The third-order valence-corrected chi connectivity index (χ3v) is 4.30. The lowest BCUT2D eigenvalue weighted by atomic mass is 10.1. The lowest BCUT2D eigenvalue weighted by molar-refractivity contribution is 0.470. The smallest absolute Gasteiger partial charge is 0.0327 e. The largest absolute Gasteiger partial charge is 0.330 e. The van der Waals surface area contributed by atoms with E-state index in [-0.39, 0.29) is 0 Å². The van der Waals surface area contributed by atoms with Crippen LogP contribution in [0.2, 0.25) is 0 Å². The van der Waals surface area contributed by atoms with Crippen LogP contribution in [0.5, 0.6) is 0 Å². The monoisotopic (exact) mass is 290 g/mol. The van der Waals surface area contributed by atoms with Gasteiger partial charge in [-0.2, -0.15) is 0 Å². The van der Waals surface area contributed by atoms with E-state index >= 15 is 0 Å². The van der Waals surface area contributed by atoms with Crippen LogP contribution in [0.15, 0.2) is 15.9 Å². The number of halogens is 1. The van der Waals surface area contributed by atoms with Gasteiger partial charge >= 0.3 is 0 Å². The number of nitrogens with one attached hydrogen (secondary N) is 1. The Labute approximate surface area is 104 Å². The van der Waals surface area contributed by atoms with E-state index in [4.69, 9.17) is 5.73 Å². The molecule has 86 valence electrons. The second-order valence-electron chi connectivity index (χ2n) is 3.86. The van der Waals surface area contributed by atoms with Crippen LogP contribution in [0.4, 0.5) is 0 Å². The third kappa shape index (κ3) is 5.11. The summed E-state index contributed by atoms with van der Waals surface area (Å²) in [5, 5.41) is 5.59. The summed E-state index contributed by atoms with van der Waals surface area (Å²) < 4.78 is 1.22. The quantitative estimate of drug-likeness (QED) is 0.810. The SMILES string of the molecule is CC(CCCN)CNCc1sccc1Br.